The summed E-state index contributed by atoms with van der Waals surface area (Å²) >= 11 is 0. The second-order valence-electron chi connectivity index (χ2n) is 6.02. The number of hydrogen-bond donors (Lipinski definition) is 2. The molecule has 0 heterocycles. The van der Waals surface area contributed by atoms with Gasteiger partial charge in [0.05, 0.1) is 52.7 Å². The maximum atomic E-state index is 11.3. The number of carbonyl (C=O) groups is 3. The number of rotatable bonds is 21. The molecule has 0 unspecified atom stereocenters. The molecule has 0 radical (unpaired) electrons. The third-order valence-corrected chi connectivity index (χ3v) is 3.41. The lowest BCUT2D eigenvalue weighted by atomic mass is 10.3. The van der Waals surface area contributed by atoms with E-state index >= 15 is 0 Å². The summed E-state index contributed by atoms with van der Waals surface area (Å²) in [5.74, 6) is -1.45. The Bertz CT molecular complexity index is 432. The first kappa shape index (κ1) is 27.2. The highest BCUT2D eigenvalue weighted by molar-refractivity contribution is 5.80. The normalized spacial score (nSPS) is 10.7. The smallest absolute Gasteiger partial charge is 0.305 e. The van der Waals surface area contributed by atoms with Crippen LogP contribution in [0.15, 0.2) is 0 Å². The molecule has 0 spiro atoms. The number of esters is 1. The van der Waals surface area contributed by atoms with E-state index < -0.39 is 5.97 Å². The number of carboxylic acids is 1. The lowest BCUT2D eigenvalue weighted by molar-refractivity contribution is -0.145. The van der Waals surface area contributed by atoms with Crippen molar-refractivity contribution in [1.29, 1.82) is 0 Å². The van der Waals surface area contributed by atoms with Crippen LogP contribution in [0.2, 0.25) is 0 Å². The summed E-state index contributed by atoms with van der Waals surface area (Å²) in [4.78, 5) is 32.7. The lowest BCUT2D eigenvalue weighted by Gasteiger charge is -2.08. The van der Waals surface area contributed by atoms with Gasteiger partial charge in [-0.25, -0.2) is 0 Å². The van der Waals surface area contributed by atoms with Gasteiger partial charge in [0.15, 0.2) is 0 Å². The molecule has 0 aromatic rings. The van der Waals surface area contributed by atoms with Crippen LogP contribution in [-0.2, 0) is 38.1 Å². The third kappa shape index (κ3) is 22.4. The Kier molecular flexibility index (Phi) is 19.7. The Labute approximate surface area is 172 Å². The maximum Gasteiger partial charge on any atom is 0.305 e. The standard InChI is InChI=1S/C19H35NO9/c1-2-4-19(24)29-16-15-28-14-13-27-12-11-26-10-9-25-8-3-7-20-17(21)5-6-18(22)23/h2-16H2,1H3,(H,20,21)(H,22,23). The van der Waals surface area contributed by atoms with Crippen LogP contribution in [0.5, 0.6) is 0 Å². The maximum absolute atomic E-state index is 11.3. The van der Waals surface area contributed by atoms with Crippen molar-refractivity contribution in [3.05, 3.63) is 0 Å². The van der Waals surface area contributed by atoms with Gasteiger partial charge in [0.1, 0.15) is 6.61 Å². The largest absolute Gasteiger partial charge is 0.481 e. The zero-order valence-electron chi connectivity index (χ0n) is 17.3. The van der Waals surface area contributed by atoms with Crippen LogP contribution in [0.1, 0.15) is 39.0 Å². The molecule has 0 saturated carbocycles. The Balaban J connectivity index is 3.14. The van der Waals surface area contributed by atoms with Crippen LogP contribution in [0.25, 0.3) is 0 Å². The van der Waals surface area contributed by atoms with Gasteiger partial charge in [-0.3, -0.25) is 14.4 Å². The van der Waals surface area contributed by atoms with Crippen LogP contribution in [0.3, 0.4) is 0 Å². The van der Waals surface area contributed by atoms with Crippen molar-refractivity contribution in [2.24, 2.45) is 0 Å². The summed E-state index contributed by atoms with van der Waals surface area (Å²) in [5.41, 5.74) is 0. The first-order chi connectivity index (χ1) is 14.1. The van der Waals surface area contributed by atoms with Crippen LogP contribution in [0, 0.1) is 0 Å². The first-order valence-electron chi connectivity index (χ1n) is 10.0. The fraction of sp³-hybridized carbons (Fsp3) is 0.842. The van der Waals surface area contributed by atoms with Gasteiger partial charge in [0.25, 0.3) is 0 Å². The van der Waals surface area contributed by atoms with E-state index in [2.05, 4.69) is 5.32 Å². The van der Waals surface area contributed by atoms with Crippen molar-refractivity contribution >= 4 is 17.8 Å². The molecule has 10 heteroatoms. The van der Waals surface area contributed by atoms with E-state index in [4.69, 9.17) is 28.8 Å². The molecule has 0 aliphatic heterocycles. The molecule has 0 aliphatic rings. The van der Waals surface area contributed by atoms with Gasteiger partial charge in [-0.05, 0) is 12.8 Å². The van der Waals surface area contributed by atoms with Crippen molar-refractivity contribution < 1.29 is 43.2 Å². The lowest BCUT2D eigenvalue weighted by Crippen LogP contribution is -2.25. The minimum Gasteiger partial charge on any atom is -0.481 e. The fourth-order valence-corrected chi connectivity index (χ4v) is 1.96. The Morgan fingerprint density at radius 1 is 0.724 bits per heavy atom. The Morgan fingerprint density at radius 3 is 1.76 bits per heavy atom. The number of carbonyl (C=O) groups excluding carboxylic acids is 2. The number of nitrogens with one attached hydrogen (secondary N) is 1. The topological polar surface area (TPSA) is 130 Å². The quantitative estimate of drug-likeness (QED) is 0.204. The van der Waals surface area contributed by atoms with E-state index in [0.29, 0.717) is 72.2 Å². The van der Waals surface area contributed by atoms with Crippen molar-refractivity contribution in [3.8, 4) is 0 Å². The zero-order valence-corrected chi connectivity index (χ0v) is 17.3. The number of carboxylic acid groups (broad SMARTS) is 1. The molecule has 29 heavy (non-hydrogen) atoms. The Hall–Kier alpha value is -1.75. The minimum atomic E-state index is -0.982. The van der Waals surface area contributed by atoms with E-state index in [1.165, 1.54) is 0 Å². The van der Waals surface area contributed by atoms with E-state index in [1.54, 1.807) is 0 Å². The van der Waals surface area contributed by atoms with Gasteiger partial charge < -0.3 is 34.1 Å². The SMILES string of the molecule is CCCC(=O)OCCOCCOCCOCCOCCCNC(=O)CCC(=O)O. The summed E-state index contributed by atoms with van der Waals surface area (Å²) in [5, 5.41) is 11.1. The Morgan fingerprint density at radius 2 is 1.24 bits per heavy atom. The first-order valence-corrected chi connectivity index (χ1v) is 10.0. The van der Waals surface area contributed by atoms with Gasteiger partial charge >= 0.3 is 11.9 Å². The predicted molar refractivity (Wildman–Crippen MR) is 104 cm³/mol. The summed E-state index contributed by atoms with van der Waals surface area (Å²) in [7, 11) is 0. The molecular formula is C19H35NO9. The summed E-state index contributed by atoms with van der Waals surface area (Å²) in [6, 6.07) is 0. The average Bonchev–Trinajstić information content (AvgIpc) is 2.68. The van der Waals surface area contributed by atoms with Gasteiger partial charge in [0, 0.05) is 26.0 Å². The average molecular weight is 421 g/mol. The van der Waals surface area contributed by atoms with Crippen molar-refractivity contribution in [1.82, 2.24) is 5.32 Å². The summed E-state index contributed by atoms with van der Waals surface area (Å²) in [6.07, 6.45) is 1.70. The second-order valence-corrected chi connectivity index (χ2v) is 6.02. The van der Waals surface area contributed by atoms with Crippen LogP contribution in [0.4, 0.5) is 0 Å². The molecule has 10 nitrogen and oxygen atoms in total. The highest BCUT2D eigenvalue weighted by atomic mass is 16.6. The molecule has 0 bridgehead atoms. The molecule has 0 aromatic carbocycles. The summed E-state index contributed by atoms with van der Waals surface area (Å²) < 4.78 is 26.3. The fourth-order valence-electron chi connectivity index (χ4n) is 1.96. The molecule has 0 aromatic heterocycles. The molecule has 0 rings (SSSR count). The molecule has 170 valence electrons. The monoisotopic (exact) mass is 421 g/mol. The van der Waals surface area contributed by atoms with Crippen LogP contribution >= 0.6 is 0 Å². The molecular weight excluding hydrogens is 386 g/mol. The van der Waals surface area contributed by atoms with Crippen LogP contribution in [-0.4, -0.2) is 89.0 Å². The molecule has 1 amide bonds. The van der Waals surface area contributed by atoms with Gasteiger partial charge in [-0.2, -0.15) is 0 Å². The number of aliphatic carboxylic acids is 1. The second kappa shape index (κ2) is 21.0. The third-order valence-electron chi connectivity index (χ3n) is 3.41. The highest BCUT2D eigenvalue weighted by Gasteiger charge is 2.04. The van der Waals surface area contributed by atoms with Gasteiger partial charge in [-0.15, -0.1) is 0 Å². The summed E-state index contributed by atoms with van der Waals surface area (Å²) in [6.45, 7) is 6.18. The zero-order chi connectivity index (χ0) is 21.6. The number of amides is 1. The van der Waals surface area contributed by atoms with Gasteiger partial charge in [-0.1, -0.05) is 6.92 Å². The van der Waals surface area contributed by atoms with E-state index in [0.717, 1.165) is 6.42 Å². The number of ether oxygens (including phenoxy) is 5. The van der Waals surface area contributed by atoms with Crippen molar-refractivity contribution in [2.45, 2.75) is 39.0 Å². The predicted octanol–water partition coefficient (Wildman–Crippen LogP) is 0.767. The van der Waals surface area contributed by atoms with Crippen molar-refractivity contribution in [3.63, 3.8) is 0 Å². The van der Waals surface area contributed by atoms with Crippen LogP contribution < -0.4 is 5.32 Å². The van der Waals surface area contributed by atoms with E-state index in [-0.39, 0.29) is 31.3 Å². The molecule has 0 atom stereocenters. The van der Waals surface area contributed by atoms with Gasteiger partial charge in [0.2, 0.25) is 5.91 Å². The highest BCUT2D eigenvalue weighted by Crippen LogP contribution is 1.91. The molecule has 0 saturated heterocycles. The molecule has 0 aliphatic carbocycles. The van der Waals surface area contributed by atoms with E-state index in [9.17, 15) is 14.4 Å². The molecule has 2 N–H and O–H groups in total. The minimum absolute atomic E-state index is 0.00724. The van der Waals surface area contributed by atoms with E-state index in [1.807, 2.05) is 6.92 Å². The van der Waals surface area contributed by atoms with Crippen molar-refractivity contribution in [2.75, 3.05) is 66.0 Å². The molecule has 0 fully saturated rings. The number of hydrogen-bond acceptors (Lipinski definition) is 8.